The van der Waals surface area contributed by atoms with Crippen molar-refractivity contribution in [2.24, 2.45) is 0 Å². The van der Waals surface area contributed by atoms with E-state index in [2.05, 4.69) is 40.7 Å². The number of rotatable bonds is 20. The predicted molar refractivity (Wildman–Crippen MR) is 250 cm³/mol. The highest BCUT2D eigenvalue weighted by atomic mass is 16.5. The molecule has 1 atom stereocenters. The average molecular weight is 888 g/mol. The lowest BCUT2D eigenvalue weighted by molar-refractivity contribution is -0.131. The number of nitrogens with zero attached hydrogens (tertiary/aromatic N) is 5. The number of H-pyrrole nitrogens is 1. The molecular weight excluding hydrogens is 827 g/mol. The first-order valence-corrected chi connectivity index (χ1v) is 22.7. The molecule has 16 heteroatoms. The number of carbonyl (C=O) groups excluding carboxylic acids is 3. The average Bonchev–Trinajstić information content (AvgIpc) is 3.34. The quantitative estimate of drug-likeness (QED) is 0.0816. The largest absolute Gasteiger partial charge is 0.497 e. The molecule has 0 saturated carbocycles. The molecule has 16 nitrogen and oxygen atoms in total. The highest BCUT2D eigenvalue weighted by molar-refractivity contribution is 5.94. The number of aromatic nitrogens is 3. The van der Waals surface area contributed by atoms with Gasteiger partial charge in [0.25, 0.3) is 17.4 Å². The third kappa shape index (κ3) is 12.7. The maximum absolute atomic E-state index is 13.2. The number of pyridine rings is 3. The molecule has 3 aromatic heterocycles. The molecule has 0 spiro atoms. The van der Waals surface area contributed by atoms with E-state index in [9.17, 15) is 19.2 Å². The molecule has 3 amide bonds. The van der Waals surface area contributed by atoms with Gasteiger partial charge in [-0.3, -0.25) is 29.1 Å². The van der Waals surface area contributed by atoms with Crippen molar-refractivity contribution >= 4 is 34.4 Å². The van der Waals surface area contributed by atoms with Crippen LogP contribution in [0.5, 0.6) is 11.5 Å². The van der Waals surface area contributed by atoms with Gasteiger partial charge in [-0.1, -0.05) is 25.1 Å². The Morgan fingerprint density at radius 2 is 1.68 bits per heavy atom. The zero-order valence-corrected chi connectivity index (χ0v) is 37.7. The van der Waals surface area contributed by atoms with E-state index in [1.54, 1.807) is 25.4 Å². The molecule has 2 aliphatic rings. The number of hydrogen-bond donors (Lipinski definition) is 4. The van der Waals surface area contributed by atoms with Gasteiger partial charge in [0.15, 0.2) is 0 Å². The number of fused-ring (bicyclic) bond motifs is 1. The van der Waals surface area contributed by atoms with Crippen LogP contribution in [0.3, 0.4) is 0 Å². The standard InChI is InChI=1S/C49H61N9O7/c1-4-35-26-43-44(55-48(35)61)24-34(28-53-43)32-56-18-20-57(21-19-56)40-12-14-42(54-30-40)49(62)52-16-23-64-22-15-51-47(60)37-9-6-8-36(25-37)39-10-7-17-58(33-39)46(59)31-50-29-38-11-13-41(63-3)27-45(38)65-5-2/h6,8-9,11-14,24-28,30,39,50H,4-5,7,10,15-23,29,31-33H2,1-3H3,(H,51,60)(H,52,62)(H,55,61)/t39-/m0/s1. The van der Waals surface area contributed by atoms with Crippen LogP contribution in [-0.4, -0.2) is 128 Å². The SMILES string of the molecule is CCOc1cc(OC)ccc1CNCC(=O)N1CCC[C@H](c2cccc(C(=O)NCCOCCNC(=O)c3ccc(N4CCN(Cc5cnc6cc(CC)c(=O)[nH]c6c5)CC4)cn3)c2)C1. The molecule has 4 N–H and O–H groups in total. The van der Waals surface area contributed by atoms with Crippen LogP contribution in [0, 0.1) is 0 Å². The van der Waals surface area contributed by atoms with Crippen molar-refractivity contribution in [2.45, 2.75) is 52.1 Å². The van der Waals surface area contributed by atoms with Gasteiger partial charge in [-0.05, 0) is 79.8 Å². The summed E-state index contributed by atoms with van der Waals surface area (Å²) < 4.78 is 16.8. The minimum Gasteiger partial charge on any atom is -0.497 e. The summed E-state index contributed by atoms with van der Waals surface area (Å²) >= 11 is 0. The maximum Gasteiger partial charge on any atom is 0.269 e. The molecular formula is C49H61N9O7. The first-order valence-electron chi connectivity index (χ1n) is 22.7. The molecule has 65 heavy (non-hydrogen) atoms. The normalized spacial score (nSPS) is 15.5. The van der Waals surface area contributed by atoms with Gasteiger partial charge < -0.3 is 44.9 Å². The van der Waals surface area contributed by atoms with Crippen LogP contribution in [0.1, 0.15) is 75.7 Å². The fraction of sp³-hybridized carbons (Fsp3) is 0.429. The summed E-state index contributed by atoms with van der Waals surface area (Å²) in [4.78, 5) is 69.9. The number of methoxy groups -OCH3 is 1. The number of piperazine rings is 1. The Balaban J connectivity index is 0.765. The van der Waals surface area contributed by atoms with Gasteiger partial charge in [0, 0.05) is 100 Å². The topological polar surface area (TPSA) is 183 Å². The van der Waals surface area contributed by atoms with Gasteiger partial charge in [-0.25, -0.2) is 4.98 Å². The number of aryl methyl sites for hydroxylation is 1. The molecule has 5 heterocycles. The van der Waals surface area contributed by atoms with Crippen molar-refractivity contribution in [3.8, 4) is 11.5 Å². The molecule has 0 aliphatic carbocycles. The van der Waals surface area contributed by atoms with Crippen LogP contribution in [-0.2, 0) is 29.0 Å². The maximum atomic E-state index is 13.2. The van der Waals surface area contributed by atoms with E-state index in [1.807, 2.05) is 79.5 Å². The number of anilines is 1. The number of ether oxygens (including phenoxy) is 3. The van der Waals surface area contributed by atoms with Gasteiger partial charge in [0.2, 0.25) is 5.91 Å². The first kappa shape index (κ1) is 46.6. The van der Waals surface area contributed by atoms with E-state index in [4.69, 9.17) is 14.2 Å². The van der Waals surface area contributed by atoms with Gasteiger partial charge in [0.05, 0.1) is 56.4 Å². The van der Waals surface area contributed by atoms with E-state index in [0.717, 1.165) is 96.0 Å². The molecule has 2 aromatic carbocycles. The second-order valence-electron chi connectivity index (χ2n) is 16.4. The van der Waals surface area contributed by atoms with Crippen LogP contribution in [0.2, 0.25) is 0 Å². The number of nitrogens with one attached hydrogen (secondary N) is 4. The van der Waals surface area contributed by atoms with Gasteiger partial charge in [-0.15, -0.1) is 0 Å². The lowest BCUT2D eigenvalue weighted by atomic mass is 9.89. The van der Waals surface area contributed by atoms with E-state index >= 15 is 0 Å². The van der Waals surface area contributed by atoms with E-state index in [-0.39, 0.29) is 42.4 Å². The van der Waals surface area contributed by atoms with Crippen LogP contribution >= 0.6 is 0 Å². The second-order valence-corrected chi connectivity index (χ2v) is 16.4. The summed E-state index contributed by atoms with van der Waals surface area (Å²) in [5.41, 5.74) is 7.15. The molecule has 2 fully saturated rings. The van der Waals surface area contributed by atoms with Crippen molar-refractivity contribution in [3.05, 3.63) is 123 Å². The molecule has 2 aliphatic heterocycles. The Kier molecular flexibility index (Phi) is 16.5. The molecule has 0 unspecified atom stereocenters. The van der Waals surface area contributed by atoms with E-state index in [0.29, 0.717) is 63.6 Å². The summed E-state index contributed by atoms with van der Waals surface area (Å²) in [6, 6.07) is 20.9. The number of piperidine rings is 1. The fourth-order valence-corrected chi connectivity index (χ4v) is 8.34. The summed E-state index contributed by atoms with van der Waals surface area (Å²) in [6.07, 6.45) is 6.12. The molecule has 7 rings (SSSR count). The number of amides is 3. The minimum atomic E-state index is -0.280. The smallest absolute Gasteiger partial charge is 0.269 e. The van der Waals surface area contributed by atoms with Crippen molar-refractivity contribution in [2.75, 3.05) is 90.7 Å². The second kappa shape index (κ2) is 23.0. The Morgan fingerprint density at radius 3 is 2.43 bits per heavy atom. The zero-order valence-electron chi connectivity index (χ0n) is 37.7. The summed E-state index contributed by atoms with van der Waals surface area (Å²) in [7, 11) is 1.62. The van der Waals surface area contributed by atoms with E-state index < -0.39 is 0 Å². The monoisotopic (exact) mass is 887 g/mol. The summed E-state index contributed by atoms with van der Waals surface area (Å²) in [5.74, 6) is 1.17. The Labute approximate surface area is 380 Å². The Hall–Kier alpha value is -6.36. The van der Waals surface area contributed by atoms with Crippen molar-refractivity contribution in [3.63, 3.8) is 0 Å². The van der Waals surface area contributed by atoms with Gasteiger partial charge in [0.1, 0.15) is 17.2 Å². The predicted octanol–water partition coefficient (Wildman–Crippen LogP) is 4.28. The fourth-order valence-electron chi connectivity index (χ4n) is 8.34. The van der Waals surface area contributed by atoms with Crippen molar-refractivity contribution in [1.29, 1.82) is 0 Å². The molecule has 0 bridgehead atoms. The number of likely N-dealkylation sites (tertiary alicyclic amines) is 1. The third-order valence-electron chi connectivity index (χ3n) is 12.0. The third-order valence-corrected chi connectivity index (χ3v) is 12.0. The van der Waals surface area contributed by atoms with Crippen LogP contribution in [0.15, 0.2) is 83.9 Å². The number of carbonyl (C=O) groups is 3. The molecule has 344 valence electrons. The minimum absolute atomic E-state index is 0.0436. The first-order chi connectivity index (χ1) is 31.7. The molecule has 5 aromatic rings. The zero-order chi connectivity index (χ0) is 45.5. The Bertz CT molecular complexity index is 2450. The molecule has 0 radical (unpaired) electrons. The Morgan fingerprint density at radius 1 is 0.862 bits per heavy atom. The van der Waals surface area contributed by atoms with E-state index in [1.165, 1.54) is 0 Å². The summed E-state index contributed by atoms with van der Waals surface area (Å²) in [6.45, 7) is 11.7. The van der Waals surface area contributed by atoms with Gasteiger partial charge in [-0.2, -0.15) is 0 Å². The highest BCUT2D eigenvalue weighted by Crippen LogP contribution is 2.28. The number of hydrogen-bond acceptors (Lipinski definition) is 12. The highest BCUT2D eigenvalue weighted by Gasteiger charge is 2.25. The number of benzene rings is 2. The van der Waals surface area contributed by atoms with Crippen molar-refractivity contribution in [1.82, 2.24) is 40.7 Å². The van der Waals surface area contributed by atoms with Crippen LogP contribution in [0.4, 0.5) is 5.69 Å². The number of aromatic amines is 1. The van der Waals surface area contributed by atoms with Gasteiger partial charge >= 0.3 is 0 Å². The van der Waals surface area contributed by atoms with Crippen LogP contribution in [0.25, 0.3) is 11.0 Å². The van der Waals surface area contributed by atoms with Crippen LogP contribution < -0.4 is 35.9 Å². The summed E-state index contributed by atoms with van der Waals surface area (Å²) in [5, 5.41) is 9.05. The van der Waals surface area contributed by atoms with Crippen molar-refractivity contribution < 1.29 is 28.6 Å². The lowest BCUT2D eigenvalue weighted by Crippen LogP contribution is -2.46. The lowest BCUT2D eigenvalue weighted by Gasteiger charge is -2.36. The molecule has 2 saturated heterocycles.